The standard InChI is InChI=1S/C19H15BrFN7O/c1-9-18-13(12-7-11(20)3-4-14(12)21)8-17(29)22-19(18)28(25-9)16-6-5-15-24-23-10(2)27(15)26-16/h3-7,13H,8H2,1-2H3,(H,22,29)/t13-/m0/s1. The number of amides is 1. The average Bonchev–Trinajstić information content (AvgIpc) is 3.23. The fourth-order valence-corrected chi connectivity index (χ4v) is 4.14. The summed E-state index contributed by atoms with van der Waals surface area (Å²) in [5.74, 6) is 0.638. The van der Waals surface area contributed by atoms with Gasteiger partial charge in [-0.15, -0.1) is 15.3 Å². The van der Waals surface area contributed by atoms with Crippen LogP contribution < -0.4 is 5.32 Å². The number of nitrogens with zero attached hydrogens (tertiary/aromatic N) is 6. The van der Waals surface area contributed by atoms with Gasteiger partial charge < -0.3 is 5.32 Å². The molecule has 3 aromatic heterocycles. The molecule has 4 aromatic rings. The molecule has 1 aliphatic heterocycles. The molecule has 1 N–H and O–H groups in total. The third-order valence-corrected chi connectivity index (χ3v) is 5.55. The molecule has 1 atom stereocenters. The Hall–Kier alpha value is -3.14. The average molecular weight is 456 g/mol. The summed E-state index contributed by atoms with van der Waals surface area (Å²) in [5.41, 5.74) is 2.55. The van der Waals surface area contributed by atoms with E-state index in [-0.39, 0.29) is 18.1 Å². The van der Waals surface area contributed by atoms with E-state index in [1.807, 2.05) is 6.92 Å². The maximum Gasteiger partial charge on any atom is 0.226 e. The van der Waals surface area contributed by atoms with Crippen molar-refractivity contribution in [1.82, 2.24) is 29.6 Å². The van der Waals surface area contributed by atoms with Gasteiger partial charge in [-0.25, -0.2) is 4.39 Å². The highest BCUT2D eigenvalue weighted by molar-refractivity contribution is 9.10. The predicted molar refractivity (Wildman–Crippen MR) is 107 cm³/mol. The molecule has 0 bridgehead atoms. The minimum atomic E-state index is -0.439. The second-order valence-corrected chi connectivity index (χ2v) is 7.85. The fraction of sp³-hybridized carbons (Fsp3) is 0.211. The fourth-order valence-electron chi connectivity index (χ4n) is 3.76. The monoisotopic (exact) mass is 455 g/mol. The summed E-state index contributed by atoms with van der Waals surface area (Å²) in [6.07, 6.45) is 0.143. The van der Waals surface area contributed by atoms with Gasteiger partial charge in [0.05, 0.1) is 5.69 Å². The lowest BCUT2D eigenvalue weighted by Crippen LogP contribution is -2.25. The molecule has 8 nitrogen and oxygen atoms in total. The number of rotatable bonds is 2. The second-order valence-electron chi connectivity index (χ2n) is 6.94. The molecule has 0 spiro atoms. The first-order chi connectivity index (χ1) is 13.9. The zero-order valence-corrected chi connectivity index (χ0v) is 17.1. The molecule has 0 aliphatic carbocycles. The second kappa shape index (κ2) is 6.45. The van der Waals surface area contributed by atoms with E-state index in [1.165, 1.54) is 6.07 Å². The highest BCUT2D eigenvalue weighted by atomic mass is 79.9. The van der Waals surface area contributed by atoms with Crippen LogP contribution in [0.5, 0.6) is 0 Å². The van der Waals surface area contributed by atoms with Crippen LogP contribution in [0.2, 0.25) is 0 Å². The van der Waals surface area contributed by atoms with Crippen LogP contribution in [-0.2, 0) is 4.79 Å². The lowest BCUT2D eigenvalue weighted by atomic mass is 9.85. The Morgan fingerprint density at radius 1 is 1.17 bits per heavy atom. The number of nitrogens with one attached hydrogen (secondary N) is 1. The summed E-state index contributed by atoms with van der Waals surface area (Å²) in [5, 5.41) is 20.1. The van der Waals surface area contributed by atoms with Crippen LogP contribution in [0.4, 0.5) is 10.2 Å². The highest BCUT2D eigenvalue weighted by Gasteiger charge is 2.34. The van der Waals surface area contributed by atoms with Crippen molar-refractivity contribution in [2.24, 2.45) is 0 Å². The first kappa shape index (κ1) is 17.9. The molecule has 4 heterocycles. The van der Waals surface area contributed by atoms with Gasteiger partial charge in [-0.05, 0) is 49.7 Å². The molecular weight excluding hydrogens is 441 g/mol. The van der Waals surface area contributed by atoms with Crippen molar-refractivity contribution in [1.29, 1.82) is 0 Å². The number of hydrogen-bond donors (Lipinski definition) is 1. The van der Waals surface area contributed by atoms with Crippen molar-refractivity contribution in [3.8, 4) is 5.82 Å². The van der Waals surface area contributed by atoms with Crippen molar-refractivity contribution in [2.75, 3.05) is 5.32 Å². The number of aryl methyl sites for hydroxylation is 2. The molecule has 10 heteroatoms. The van der Waals surface area contributed by atoms with Gasteiger partial charge in [0.1, 0.15) is 11.6 Å². The lowest BCUT2D eigenvalue weighted by Gasteiger charge is -2.24. The Kier molecular flexibility index (Phi) is 3.98. The molecule has 0 unspecified atom stereocenters. The van der Waals surface area contributed by atoms with Crippen molar-refractivity contribution in [3.05, 3.63) is 63.3 Å². The van der Waals surface area contributed by atoms with E-state index in [1.54, 1.807) is 40.4 Å². The third-order valence-electron chi connectivity index (χ3n) is 5.06. The van der Waals surface area contributed by atoms with E-state index in [0.717, 1.165) is 10.0 Å². The normalized spacial score (nSPS) is 16.1. The summed E-state index contributed by atoms with van der Waals surface area (Å²) in [4.78, 5) is 12.5. The molecule has 1 amide bonds. The topological polar surface area (TPSA) is 90.0 Å². The molecule has 29 heavy (non-hydrogen) atoms. The number of carbonyl (C=O) groups excluding carboxylic acids is 1. The first-order valence-corrected chi connectivity index (χ1v) is 9.75. The van der Waals surface area contributed by atoms with E-state index in [0.29, 0.717) is 34.4 Å². The number of carbonyl (C=O) groups is 1. The van der Waals surface area contributed by atoms with Crippen LogP contribution in [0, 0.1) is 19.7 Å². The molecule has 1 aromatic carbocycles. The molecule has 146 valence electrons. The van der Waals surface area contributed by atoms with E-state index in [4.69, 9.17) is 0 Å². The molecule has 0 fully saturated rings. The van der Waals surface area contributed by atoms with Gasteiger partial charge in [-0.3, -0.25) is 4.79 Å². The Labute approximate surface area is 172 Å². The van der Waals surface area contributed by atoms with Crippen molar-refractivity contribution in [2.45, 2.75) is 26.2 Å². The van der Waals surface area contributed by atoms with Crippen LogP contribution in [0.1, 0.15) is 35.0 Å². The molecule has 5 rings (SSSR count). The van der Waals surface area contributed by atoms with Gasteiger partial charge in [-0.2, -0.15) is 14.3 Å². The summed E-state index contributed by atoms with van der Waals surface area (Å²) in [6, 6.07) is 8.28. The van der Waals surface area contributed by atoms with Crippen LogP contribution in [-0.4, -0.2) is 35.5 Å². The Balaban J connectivity index is 1.70. The van der Waals surface area contributed by atoms with Crippen molar-refractivity contribution < 1.29 is 9.18 Å². The quantitative estimate of drug-likeness (QED) is 0.500. The van der Waals surface area contributed by atoms with Gasteiger partial charge in [0, 0.05) is 22.4 Å². The van der Waals surface area contributed by atoms with E-state index in [2.05, 4.69) is 41.6 Å². The maximum absolute atomic E-state index is 14.6. The smallest absolute Gasteiger partial charge is 0.226 e. The van der Waals surface area contributed by atoms with Crippen LogP contribution in [0.3, 0.4) is 0 Å². The zero-order valence-electron chi connectivity index (χ0n) is 15.5. The number of fused-ring (bicyclic) bond motifs is 2. The highest BCUT2D eigenvalue weighted by Crippen LogP contribution is 2.41. The third kappa shape index (κ3) is 2.82. The summed E-state index contributed by atoms with van der Waals surface area (Å²) < 4.78 is 18.5. The largest absolute Gasteiger partial charge is 0.310 e. The molecular formula is C19H15BrFN7O. The summed E-state index contributed by atoms with van der Waals surface area (Å²) >= 11 is 3.39. The van der Waals surface area contributed by atoms with E-state index in [9.17, 15) is 9.18 Å². The molecule has 0 radical (unpaired) electrons. The van der Waals surface area contributed by atoms with Crippen molar-refractivity contribution >= 4 is 33.3 Å². The van der Waals surface area contributed by atoms with Crippen LogP contribution in [0.25, 0.3) is 11.5 Å². The zero-order chi connectivity index (χ0) is 20.3. The van der Waals surface area contributed by atoms with Gasteiger partial charge in [0.25, 0.3) is 0 Å². The number of halogens is 2. The Morgan fingerprint density at radius 2 is 2.00 bits per heavy atom. The van der Waals surface area contributed by atoms with Crippen molar-refractivity contribution in [3.63, 3.8) is 0 Å². The Morgan fingerprint density at radius 3 is 2.83 bits per heavy atom. The molecule has 0 saturated heterocycles. The Bertz CT molecular complexity index is 1300. The predicted octanol–water partition coefficient (Wildman–Crippen LogP) is 3.30. The van der Waals surface area contributed by atoms with Crippen LogP contribution >= 0.6 is 15.9 Å². The van der Waals surface area contributed by atoms with Gasteiger partial charge >= 0.3 is 0 Å². The van der Waals surface area contributed by atoms with E-state index >= 15 is 0 Å². The molecule has 1 aliphatic rings. The number of hydrogen-bond acceptors (Lipinski definition) is 5. The van der Waals surface area contributed by atoms with Gasteiger partial charge in [-0.1, -0.05) is 15.9 Å². The van der Waals surface area contributed by atoms with Gasteiger partial charge in [0.2, 0.25) is 5.91 Å². The molecule has 0 saturated carbocycles. The van der Waals surface area contributed by atoms with Gasteiger partial charge in [0.15, 0.2) is 17.3 Å². The van der Waals surface area contributed by atoms with E-state index < -0.39 is 5.92 Å². The summed E-state index contributed by atoms with van der Waals surface area (Å²) in [7, 11) is 0. The number of aromatic nitrogens is 6. The number of benzene rings is 1. The van der Waals surface area contributed by atoms with Crippen LogP contribution in [0.15, 0.2) is 34.8 Å². The minimum Gasteiger partial charge on any atom is -0.310 e. The SMILES string of the molecule is Cc1nn(-c2ccc3nnc(C)n3n2)c2c1[C@H](c1cc(Br)ccc1F)CC(=O)N2. The summed E-state index contributed by atoms with van der Waals surface area (Å²) in [6.45, 7) is 3.65. The minimum absolute atomic E-state index is 0.143. The first-order valence-electron chi connectivity index (χ1n) is 8.96. The maximum atomic E-state index is 14.6. The number of anilines is 1. The lowest BCUT2D eigenvalue weighted by molar-refractivity contribution is -0.116.